The zero-order valence-electron chi connectivity index (χ0n) is 10.3. The second-order valence-electron chi connectivity index (χ2n) is 4.22. The molecule has 0 aliphatic carbocycles. The molecule has 0 atom stereocenters. The summed E-state index contributed by atoms with van der Waals surface area (Å²) >= 11 is 0. The molecule has 0 aromatic carbocycles. The first-order chi connectivity index (χ1) is 8.58. The molecule has 2 rings (SSSR count). The van der Waals surface area contributed by atoms with Gasteiger partial charge in [-0.2, -0.15) is 5.10 Å². The summed E-state index contributed by atoms with van der Waals surface area (Å²) in [5.41, 5.74) is 7.09. The first kappa shape index (κ1) is 12.1. The fourth-order valence-electron chi connectivity index (χ4n) is 1.50. The van der Waals surface area contributed by atoms with E-state index in [1.165, 1.54) is 12.4 Å². The lowest BCUT2D eigenvalue weighted by Crippen LogP contribution is -2.13. The zero-order valence-corrected chi connectivity index (χ0v) is 10.3. The highest BCUT2D eigenvalue weighted by molar-refractivity contribution is 6.07. The molecule has 0 fully saturated rings. The maximum atomic E-state index is 12.0. The maximum Gasteiger partial charge on any atom is 0.257 e. The van der Waals surface area contributed by atoms with Gasteiger partial charge in [0.05, 0.1) is 29.3 Å². The van der Waals surface area contributed by atoms with Crippen LogP contribution in [0.3, 0.4) is 0 Å². The number of carbonyl (C=O) groups excluding carboxylic acids is 1. The minimum atomic E-state index is -0.266. The number of amides is 1. The van der Waals surface area contributed by atoms with Gasteiger partial charge < -0.3 is 11.1 Å². The summed E-state index contributed by atoms with van der Waals surface area (Å²) in [5, 5.41) is 6.89. The molecular weight excluding hydrogens is 230 g/mol. The molecule has 0 spiro atoms. The number of rotatable bonds is 3. The third kappa shape index (κ3) is 2.48. The molecule has 0 radical (unpaired) electrons. The number of anilines is 2. The van der Waals surface area contributed by atoms with Crippen molar-refractivity contribution in [2.75, 3.05) is 11.1 Å². The summed E-state index contributed by atoms with van der Waals surface area (Å²) in [5.74, 6) is -0.266. The first-order valence-corrected chi connectivity index (χ1v) is 5.63. The van der Waals surface area contributed by atoms with Crippen LogP contribution >= 0.6 is 0 Å². The molecule has 0 saturated heterocycles. The highest BCUT2D eigenvalue weighted by Gasteiger charge is 2.11. The quantitative estimate of drug-likeness (QED) is 0.861. The largest absolute Gasteiger partial charge is 0.397 e. The number of hydrogen-bond donors (Lipinski definition) is 2. The average Bonchev–Trinajstić information content (AvgIpc) is 2.78. The molecule has 6 heteroatoms. The average molecular weight is 245 g/mol. The smallest absolute Gasteiger partial charge is 0.257 e. The first-order valence-electron chi connectivity index (χ1n) is 5.63. The lowest BCUT2D eigenvalue weighted by Gasteiger charge is -2.05. The summed E-state index contributed by atoms with van der Waals surface area (Å²) < 4.78 is 1.77. The van der Waals surface area contributed by atoms with E-state index >= 15 is 0 Å². The van der Waals surface area contributed by atoms with Crippen LogP contribution < -0.4 is 11.1 Å². The van der Waals surface area contributed by atoms with Gasteiger partial charge >= 0.3 is 0 Å². The maximum absolute atomic E-state index is 12.0. The molecule has 3 N–H and O–H groups in total. The third-order valence-electron chi connectivity index (χ3n) is 2.48. The van der Waals surface area contributed by atoms with Gasteiger partial charge in [-0.1, -0.05) is 0 Å². The molecule has 2 heterocycles. The van der Waals surface area contributed by atoms with Gasteiger partial charge in [0, 0.05) is 18.4 Å². The number of pyridine rings is 1. The van der Waals surface area contributed by atoms with E-state index in [-0.39, 0.29) is 11.9 Å². The topological polar surface area (TPSA) is 85.8 Å². The van der Waals surface area contributed by atoms with Crippen molar-refractivity contribution in [3.63, 3.8) is 0 Å². The van der Waals surface area contributed by atoms with Gasteiger partial charge in [-0.3, -0.25) is 14.5 Å². The number of aromatic nitrogens is 3. The second-order valence-corrected chi connectivity index (χ2v) is 4.22. The number of nitrogens with two attached hydrogens (primary N) is 1. The zero-order chi connectivity index (χ0) is 13.1. The molecule has 0 saturated carbocycles. The van der Waals surface area contributed by atoms with Crippen LogP contribution in [0.25, 0.3) is 0 Å². The van der Waals surface area contributed by atoms with Gasteiger partial charge in [0.25, 0.3) is 5.91 Å². The molecule has 18 heavy (non-hydrogen) atoms. The van der Waals surface area contributed by atoms with Crippen LogP contribution in [0.5, 0.6) is 0 Å². The number of hydrogen-bond acceptors (Lipinski definition) is 4. The van der Waals surface area contributed by atoms with Crippen LogP contribution in [0.1, 0.15) is 30.2 Å². The predicted octanol–water partition coefficient (Wildman–Crippen LogP) is 1.69. The summed E-state index contributed by atoms with van der Waals surface area (Å²) in [6.45, 7) is 4.03. The minimum absolute atomic E-state index is 0.252. The fraction of sp³-hybridized carbons (Fsp3) is 0.250. The number of nitrogens with zero attached hydrogens (tertiary/aromatic N) is 3. The molecule has 2 aromatic rings. The Hall–Kier alpha value is -2.37. The molecule has 94 valence electrons. The van der Waals surface area contributed by atoms with Gasteiger partial charge in [0.2, 0.25) is 0 Å². The van der Waals surface area contributed by atoms with Gasteiger partial charge in [-0.15, -0.1) is 0 Å². The van der Waals surface area contributed by atoms with Crippen molar-refractivity contribution < 1.29 is 4.79 Å². The van der Waals surface area contributed by atoms with Crippen molar-refractivity contribution in [2.45, 2.75) is 19.9 Å². The highest BCUT2D eigenvalue weighted by Crippen LogP contribution is 2.14. The summed E-state index contributed by atoms with van der Waals surface area (Å²) in [6.07, 6.45) is 6.37. The molecule has 1 amide bonds. The normalized spacial score (nSPS) is 10.6. The van der Waals surface area contributed by atoms with Crippen molar-refractivity contribution >= 4 is 17.3 Å². The van der Waals surface area contributed by atoms with Crippen molar-refractivity contribution in [3.8, 4) is 0 Å². The number of nitrogens with one attached hydrogen (secondary N) is 1. The van der Waals surface area contributed by atoms with Crippen molar-refractivity contribution in [1.82, 2.24) is 14.8 Å². The highest BCUT2D eigenvalue weighted by atomic mass is 16.1. The van der Waals surface area contributed by atoms with Crippen molar-refractivity contribution in [1.29, 1.82) is 0 Å². The summed E-state index contributed by atoms with van der Waals surface area (Å²) in [4.78, 5) is 15.8. The van der Waals surface area contributed by atoms with E-state index in [4.69, 9.17) is 5.73 Å². The molecule has 0 aliphatic rings. The van der Waals surface area contributed by atoms with Crippen LogP contribution in [0.15, 0.2) is 30.9 Å². The van der Waals surface area contributed by atoms with E-state index in [2.05, 4.69) is 15.4 Å². The van der Waals surface area contributed by atoms with E-state index in [1.54, 1.807) is 23.1 Å². The Labute approximate surface area is 105 Å². The summed E-state index contributed by atoms with van der Waals surface area (Å²) in [7, 11) is 0. The standard InChI is InChI=1S/C12H15N5O/c1-8(2)17-7-9(5-15-17)16-12(18)10-3-4-14-6-11(10)13/h3-8H,13H2,1-2H3,(H,16,18). The van der Waals surface area contributed by atoms with Crippen LogP contribution in [0.2, 0.25) is 0 Å². The lowest BCUT2D eigenvalue weighted by atomic mass is 10.2. The van der Waals surface area contributed by atoms with E-state index in [9.17, 15) is 4.79 Å². The van der Waals surface area contributed by atoms with Gasteiger partial charge in [-0.05, 0) is 19.9 Å². The summed E-state index contributed by atoms with van der Waals surface area (Å²) in [6, 6.07) is 1.83. The second kappa shape index (κ2) is 4.87. The molecular formula is C12H15N5O. The monoisotopic (exact) mass is 245 g/mol. The van der Waals surface area contributed by atoms with Gasteiger partial charge in [0.15, 0.2) is 0 Å². The number of carbonyl (C=O) groups is 1. The van der Waals surface area contributed by atoms with Crippen LogP contribution in [-0.4, -0.2) is 20.7 Å². The Balaban J connectivity index is 2.14. The fourth-order valence-corrected chi connectivity index (χ4v) is 1.50. The van der Waals surface area contributed by atoms with E-state index in [0.717, 1.165) is 0 Å². The molecule has 0 unspecified atom stereocenters. The van der Waals surface area contributed by atoms with Crippen molar-refractivity contribution in [3.05, 3.63) is 36.4 Å². The minimum Gasteiger partial charge on any atom is -0.397 e. The molecule has 6 nitrogen and oxygen atoms in total. The van der Waals surface area contributed by atoms with E-state index in [0.29, 0.717) is 16.9 Å². The van der Waals surface area contributed by atoms with Crippen molar-refractivity contribution in [2.24, 2.45) is 0 Å². The Morgan fingerprint density at radius 2 is 2.22 bits per heavy atom. The number of nitrogen functional groups attached to an aromatic ring is 1. The van der Waals surface area contributed by atoms with E-state index < -0.39 is 0 Å². The van der Waals surface area contributed by atoms with Crippen LogP contribution in [0, 0.1) is 0 Å². The van der Waals surface area contributed by atoms with Crippen LogP contribution in [0.4, 0.5) is 11.4 Å². The molecule has 0 aliphatic heterocycles. The Kier molecular flexibility index (Phi) is 3.27. The van der Waals surface area contributed by atoms with E-state index in [1.807, 2.05) is 13.8 Å². The SMILES string of the molecule is CC(C)n1cc(NC(=O)c2ccncc2N)cn1. The van der Waals surface area contributed by atoms with Crippen LogP contribution in [-0.2, 0) is 0 Å². The van der Waals surface area contributed by atoms with Gasteiger partial charge in [0.1, 0.15) is 0 Å². The lowest BCUT2D eigenvalue weighted by molar-refractivity contribution is 0.102. The molecule has 0 bridgehead atoms. The Bertz CT molecular complexity index is 561. The predicted molar refractivity (Wildman–Crippen MR) is 69.2 cm³/mol. The third-order valence-corrected chi connectivity index (χ3v) is 2.48. The Morgan fingerprint density at radius 3 is 2.83 bits per heavy atom. The Morgan fingerprint density at radius 1 is 1.44 bits per heavy atom. The molecule has 2 aromatic heterocycles. The van der Waals surface area contributed by atoms with Gasteiger partial charge in [-0.25, -0.2) is 0 Å².